The van der Waals surface area contributed by atoms with Crippen LogP contribution in [0.1, 0.15) is 24.6 Å². The van der Waals surface area contributed by atoms with E-state index in [1.165, 1.54) is 12.1 Å². The zero-order chi connectivity index (χ0) is 19.5. The van der Waals surface area contributed by atoms with Gasteiger partial charge < -0.3 is 11.5 Å². The van der Waals surface area contributed by atoms with Crippen LogP contribution >= 0.6 is 0 Å². The van der Waals surface area contributed by atoms with Crippen molar-refractivity contribution in [2.45, 2.75) is 18.9 Å². The molecule has 6 heteroatoms. The number of halogens is 1. The summed E-state index contributed by atoms with van der Waals surface area (Å²) in [6, 6.07) is 16.0. The Morgan fingerprint density at radius 2 is 1.86 bits per heavy atom. The van der Waals surface area contributed by atoms with E-state index in [1.807, 2.05) is 41.0 Å². The Hall–Kier alpha value is -3.09. The Balaban J connectivity index is 1.94. The van der Waals surface area contributed by atoms with E-state index in [1.54, 1.807) is 18.3 Å². The molecule has 1 unspecified atom stereocenters. The average Bonchev–Trinajstić information content (AvgIpc) is 3.12. The van der Waals surface area contributed by atoms with Gasteiger partial charge in [0.25, 0.3) is 0 Å². The molecule has 3 aromatic heterocycles. The predicted octanol–water partition coefficient (Wildman–Crippen LogP) is 3.94. The lowest BCUT2D eigenvalue weighted by molar-refractivity contribution is 0.605. The van der Waals surface area contributed by atoms with Crippen molar-refractivity contribution in [2.24, 2.45) is 11.5 Å². The van der Waals surface area contributed by atoms with Gasteiger partial charge in [-0.05, 0) is 61.9 Å². The molecule has 0 aliphatic rings. The summed E-state index contributed by atoms with van der Waals surface area (Å²) < 4.78 is 15.3. The molecule has 0 radical (unpaired) electrons. The highest BCUT2D eigenvalue weighted by atomic mass is 19.1. The van der Waals surface area contributed by atoms with Crippen molar-refractivity contribution in [3.05, 3.63) is 78.5 Å². The Bertz CT molecular complexity index is 1090. The minimum Gasteiger partial charge on any atom is -0.330 e. The van der Waals surface area contributed by atoms with Crippen molar-refractivity contribution in [1.82, 2.24) is 14.6 Å². The van der Waals surface area contributed by atoms with Crippen LogP contribution in [-0.2, 0) is 0 Å². The van der Waals surface area contributed by atoms with Gasteiger partial charge in [0, 0.05) is 35.1 Å². The number of hydrogen-bond acceptors (Lipinski definition) is 4. The van der Waals surface area contributed by atoms with Crippen molar-refractivity contribution in [2.75, 3.05) is 6.54 Å². The Kier molecular flexibility index (Phi) is 5.14. The van der Waals surface area contributed by atoms with Crippen molar-refractivity contribution < 1.29 is 4.39 Å². The third kappa shape index (κ3) is 3.40. The van der Waals surface area contributed by atoms with Crippen LogP contribution in [0.15, 0.2) is 67.0 Å². The molecule has 4 aromatic rings. The van der Waals surface area contributed by atoms with E-state index in [0.717, 1.165) is 46.4 Å². The molecule has 1 atom stereocenters. The molecule has 0 bridgehead atoms. The molecule has 0 aliphatic heterocycles. The van der Waals surface area contributed by atoms with Crippen molar-refractivity contribution in [3.63, 3.8) is 0 Å². The van der Waals surface area contributed by atoms with Gasteiger partial charge >= 0.3 is 0 Å². The zero-order valence-electron chi connectivity index (χ0n) is 15.4. The first-order valence-electron chi connectivity index (χ1n) is 9.33. The monoisotopic (exact) mass is 375 g/mol. The summed E-state index contributed by atoms with van der Waals surface area (Å²) in [6.45, 7) is 0.591. The number of pyridine rings is 2. The Morgan fingerprint density at radius 1 is 1.04 bits per heavy atom. The lowest BCUT2D eigenvalue weighted by Gasteiger charge is -2.15. The van der Waals surface area contributed by atoms with E-state index >= 15 is 0 Å². The molecule has 0 spiro atoms. The third-order valence-corrected chi connectivity index (χ3v) is 4.84. The Labute approximate surface area is 162 Å². The molecular formula is C22H22FN5. The van der Waals surface area contributed by atoms with Gasteiger partial charge in [-0.25, -0.2) is 8.91 Å². The second-order valence-electron chi connectivity index (χ2n) is 6.73. The lowest BCUT2D eigenvalue weighted by Crippen LogP contribution is -2.15. The molecule has 0 aliphatic carbocycles. The largest absolute Gasteiger partial charge is 0.330 e. The van der Waals surface area contributed by atoms with E-state index < -0.39 is 0 Å². The summed E-state index contributed by atoms with van der Waals surface area (Å²) in [7, 11) is 0. The molecule has 0 amide bonds. The van der Waals surface area contributed by atoms with Crippen LogP contribution in [-0.4, -0.2) is 21.1 Å². The summed E-state index contributed by atoms with van der Waals surface area (Å²) >= 11 is 0. The smallest absolute Gasteiger partial charge is 0.123 e. The molecule has 142 valence electrons. The van der Waals surface area contributed by atoms with Crippen LogP contribution in [0.5, 0.6) is 0 Å². The van der Waals surface area contributed by atoms with Crippen molar-refractivity contribution in [1.29, 1.82) is 0 Å². The van der Waals surface area contributed by atoms with E-state index in [-0.39, 0.29) is 11.9 Å². The minimum atomic E-state index is -0.278. The highest BCUT2D eigenvalue weighted by molar-refractivity contribution is 5.93. The SMILES string of the molecule is NCCCC(N)c1ncccc1-c1c(-c2ccc(F)cc2)nn2ccccc12. The number of nitrogens with two attached hydrogens (primary N) is 2. The topological polar surface area (TPSA) is 82.2 Å². The van der Waals surface area contributed by atoms with Gasteiger partial charge in [-0.1, -0.05) is 12.1 Å². The number of nitrogens with zero attached hydrogens (tertiary/aromatic N) is 3. The first-order valence-corrected chi connectivity index (χ1v) is 9.33. The standard InChI is InChI=1S/C22H22FN5/c23-16-10-8-15(9-11-16)21-20(19-7-1-2-14-28(19)27-21)17-5-4-13-26-22(17)18(25)6-3-12-24/h1-2,4-5,7-11,13-14,18H,3,6,12,24-25H2. The minimum absolute atomic E-state index is 0.223. The Morgan fingerprint density at radius 3 is 2.64 bits per heavy atom. The van der Waals surface area contributed by atoms with Crippen LogP contribution in [0.2, 0.25) is 0 Å². The van der Waals surface area contributed by atoms with Gasteiger partial charge in [0.15, 0.2) is 0 Å². The van der Waals surface area contributed by atoms with Gasteiger partial charge in [-0.2, -0.15) is 5.10 Å². The summed E-state index contributed by atoms with van der Waals surface area (Å²) in [5.41, 5.74) is 17.4. The molecular weight excluding hydrogens is 353 g/mol. The van der Waals surface area contributed by atoms with Crippen LogP contribution in [0.4, 0.5) is 4.39 Å². The second kappa shape index (κ2) is 7.88. The molecule has 5 nitrogen and oxygen atoms in total. The van der Waals surface area contributed by atoms with E-state index in [4.69, 9.17) is 16.6 Å². The zero-order valence-corrected chi connectivity index (χ0v) is 15.4. The predicted molar refractivity (Wildman–Crippen MR) is 109 cm³/mol. The fourth-order valence-corrected chi connectivity index (χ4v) is 3.47. The number of benzene rings is 1. The summed E-state index contributed by atoms with van der Waals surface area (Å²) in [4.78, 5) is 4.58. The van der Waals surface area contributed by atoms with Gasteiger partial charge in [0.2, 0.25) is 0 Å². The van der Waals surface area contributed by atoms with E-state index in [0.29, 0.717) is 6.54 Å². The normalized spacial score (nSPS) is 12.4. The van der Waals surface area contributed by atoms with Gasteiger partial charge in [-0.3, -0.25) is 4.98 Å². The molecule has 0 fully saturated rings. The summed E-state index contributed by atoms with van der Waals surface area (Å²) in [6.07, 6.45) is 5.24. The fraction of sp³-hybridized carbons (Fsp3) is 0.182. The van der Waals surface area contributed by atoms with Crippen molar-refractivity contribution >= 4 is 5.52 Å². The number of fused-ring (bicyclic) bond motifs is 1. The average molecular weight is 375 g/mol. The highest BCUT2D eigenvalue weighted by Gasteiger charge is 2.21. The molecule has 3 heterocycles. The van der Waals surface area contributed by atoms with Crippen LogP contribution in [0.3, 0.4) is 0 Å². The molecule has 4 N–H and O–H groups in total. The van der Waals surface area contributed by atoms with Crippen LogP contribution in [0.25, 0.3) is 27.9 Å². The maximum atomic E-state index is 13.5. The highest BCUT2D eigenvalue weighted by Crippen LogP contribution is 2.38. The first-order chi connectivity index (χ1) is 13.7. The fourth-order valence-electron chi connectivity index (χ4n) is 3.47. The van der Waals surface area contributed by atoms with E-state index in [2.05, 4.69) is 4.98 Å². The molecule has 4 rings (SSSR count). The quantitative estimate of drug-likeness (QED) is 0.535. The lowest BCUT2D eigenvalue weighted by atomic mass is 9.94. The third-order valence-electron chi connectivity index (χ3n) is 4.84. The van der Waals surface area contributed by atoms with Gasteiger partial charge in [0.05, 0.1) is 11.2 Å². The first kappa shape index (κ1) is 18.3. The maximum Gasteiger partial charge on any atom is 0.123 e. The molecule has 1 aromatic carbocycles. The van der Waals surface area contributed by atoms with E-state index in [9.17, 15) is 4.39 Å². The maximum absolute atomic E-state index is 13.5. The van der Waals surface area contributed by atoms with Crippen molar-refractivity contribution in [3.8, 4) is 22.4 Å². The number of aromatic nitrogens is 3. The molecule has 0 saturated heterocycles. The van der Waals surface area contributed by atoms with Gasteiger partial charge in [0.1, 0.15) is 11.5 Å². The number of rotatable bonds is 6. The molecule has 0 saturated carbocycles. The van der Waals surface area contributed by atoms with Crippen LogP contribution < -0.4 is 11.5 Å². The summed E-state index contributed by atoms with van der Waals surface area (Å²) in [5.74, 6) is -0.278. The second-order valence-corrected chi connectivity index (χ2v) is 6.73. The van der Waals surface area contributed by atoms with Crippen LogP contribution in [0, 0.1) is 5.82 Å². The molecule has 28 heavy (non-hydrogen) atoms. The number of hydrogen-bond donors (Lipinski definition) is 2. The van der Waals surface area contributed by atoms with Gasteiger partial charge in [-0.15, -0.1) is 0 Å². The summed E-state index contributed by atoms with van der Waals surface area (Å²) in [5, 5.41) is 4.76.